The fourth-order valence-corrected chi connectivity index (χ4v) is 1.67. The summed E-state index contributed by atoms with van der Waals surface area (Å²) in [5.41, 5.74) is 0.329. The Morgan fingerprint density at radius 2 is 2.38 bits per heavy atom. The number of alkyl halides is 1. The molecule has 1 rings (SSSR count). The molecule has 0 radical (unpaired) electrons. The summed E-state index contributed by atoms with van der Waals surface area (Å²) >= 11 is 2.39. The van der Waals surface area contributed by atoms with Crippen LogP contribution in [-0.4, -0.2) is 16.6 Å². The van der Waals surface area contributed by atoms with Crippen LogP contribution in [0.2, 0.25) is 0 Å². The average Bonchev–Trinajstić information content (AvgIpc) is 2.50. The van der Waals surface area contributed by atoms with Gasteiger partial charge >= 0.3 is 0 Å². The van der Waals surface area contributed by atoms with Crippen molar-refractivity contribution in [2.24, 2.45) is 0 Å². The minimum Gasteiger partial charge on any atom is -0.369 e. The lowest BCUT2D eigenvalue weighted by atomic mass is 10.1. The molecule has 1 heterocycles. The normalized spacial score (nSPS) is 35.2. The Labute approximate surface area is 63.9 Å². The molecule has 0 aromatic rings. The van der Waals surface area contributed by atoms with Gasteiger partial charge in [-0.1, -0.05) is 35.9 Å². The molecule has 1 fully saturated rings. The minimum atomic E-state index is 0.329. The first-order valence-electron chi connectivity index (χ1n) is 3.03. The SMILES string of the molecule is CCCC1(CI)CO1. The van der Waals surface area contributed by atoms with Gasteiger partial charge in [0.15, 0.2) is 0 Å². The molecule has 0 spiro atoms. The molecule has 1 atom stereocenters. The van der Waals surface area contributed by atoms with Gasteiger partial charge in [0.2, 0.25) is 0 Å². The van der Waals surface area contributed by atoms with Crippen molar-refractivity contribution in [2.45, 2.75) is 25.4 Å². The topological polar surface area (TPSA) is 12.5 Å². The van der Waals surface area contributed by atoms with E-state index in [2.05, 4.69) is 29.5 Å². The summed E-state index contributed by atoms with van der Waals surface area (Å²) in [6, 6.07) is 0. The van der Waals surface area contributed by atoms with Crippen LogP contribution in [0.25, 0.3) is 0 Å². The highest BCUT2D eigenvalue weighted by molar-refractivity contribution is 14.1. The maximum absolute atomic E-state index is 5.28. The van der Waals surface area contributed by atoms with Gasteiger partial charge in [0.25, 0.3) is 0 Å². The van der Waals surface area contributed by atoms with E-state index < -0.39 is 0 Å². The molecule has 0 bridgehead atoms. The van der Waals surface area contributed by atoms with Crippen molar-refractivity contribution in [2.75, 3.05) is 11.0 Å². The van der Waals surface area contributed by atoms with E-state index in [-0.39, 0.29) is 0 Å². The van der Waals surface area contributed by atoms with Crippen molar-refractivity contribution >= 4 is 22.6 Å². The molecule has 1 aliphatic rings. The van der Waals surface area contributed by atoms with Gasteiger partial charge < -0.3 is 4.74 Å². The first-order valence-corrected chi connectivity index (χ1v) is 4.55. The average molecular weight is 226 g/mol. The molecule has 48 valence electrons. The Kier molecular flexibility index (Phi) is 2.14. The first kappa shape index (κ1) is 6.81. The lowest BCUT2D eigenvalue weighted by molar-refractivity contribution is 0.315. The summed E-state index contributed by atoms with van der Waals surface area (Å²) in [6.07, 6.45) is 2.50. The Morgan fingerprint density at radius 1 is 1.75 bits per heavy atom. The van der Waals surface area contributed by atoms with Gasteiger partial charge in [-0.15, -0.1) is 0 Å². The van der Waals surface area contributed by atoms with Gasteiger partial charge in [-0.2, -0.15) is 0 Å². The number of rotatable bonds is 3. The maximum Gasteiger partial charge on any atom is 0.100 e. The third kappa shape index (κ3) is 1.35. The van der Waals surface area contributed by atoms with Crippen LogP contribution in [0.4, 0.5) is 0 Å². The number of hydrogen-bond donors (Lipinski definition) is 0. The van der Waals surface area contributed by atoms with Crippen molar-refractivity contribution in [1.29, 1.82) is 0 Å². The third-order valence-corrected chi connectivity index (χ3v) is 2.89. The van der Waals surface area contributed by atoms with Gasteiger partial charge in [-0.25, -0.2) is 0 Å². The smallest absolute Gasteiger partial charge is 0.100 e. The molecule has 8 heavy (non-hydrogen) atoms. The van der Waals surface area contributed by atoms with E-state index in [4.69, 9.17) is 4.74 Å². The molecule has 1 aliphatic heterocycles. The summed E-state index contributed by atoms with van der Waals surface area (Å²) < 4.78 is 6.44. The van der Waals surface area contributed by atoms with Gasteiger partial charge in [-0.3, -0.25) is 0 Å². The second kappa shape index (κ2) is 2.52. The maximum atomic E-state index is 5.28. The fraction of sp³-hybridized carbons (Fsp3) is 1.00. The summed E-state index contributed by atoms with van der Waals surface area (Å²) in [7, 11) is 0. The highest BCUT2D eigenvalue weighted by Crippen LogP contribution is 2.33. The van der Waals surface area contributed by atoms with Crippen molar-refractivity contribution in [3.63, 3.8) is 0 Å². The van der Waals surface area contributed by atoms with E-state index >= 15 is 0 Å². The molecule has 0 N–H and O–H groups in total. The van der Waals surface area contributed by atoms with Gasteiger partial charge in [0.05, 0.1) is 6.61 Å². The molecule has 0 amide bonds. The van der Waals surface area contributed by atoms with Gasteiger partial charge in [-0.05, 0) is 6.42 Å². The second-order valence-electron chi connectivity index (χ2n) is 2.36. The molecule has 1 saturated heterocycles. The molecule has 0 aromatic carbocycles. The van der Waals surface area contributed by atoms with E-state index in [1.807, 2.05) is 0 Å². The van der Waals surface area contributed by atoms with Crippen molar-refractivity contribution < 1.29 is 4.74 Å². The third-order valence-electron chi connectivity index (χ3n) is 1.50. The lowest BCUT2D eigenvalue weighted by Gasteiger charge is -2.02. The Hall–Kier alpha value is 0.690. The highest BCUT2D eigenvalue weighted by atomic mass is 127. The molecule has 2 heteroatoms. The standard InChI is InChI=1S/C6H11IO/c1-2-3-6(4-7)5-8-6/h2-5H2,1H3. The van der Waals surface area contributed by atoms with Crippen LogP contribution in [0.15, 0.2) is 0 Å². The second-order valence-corrected chi connectivity index (χ2v) is 3.12. The van der Waals surface area contributed by atoms with Crippen molar-refractivity contribution in [3.05, 3.63) is 0 Å². The first-order chi connectivity index (χ1) is 3.83. The van der Waals surface area contributed by atoms with Crippen molar-refractivity contribution in [1.82, 2.24) is 0 Å². The molecule has 1 unspecified atom stereocenters. The van der Waals surface area contributed by atoms with Crippen LogP contribution < -0.4 is 0 Å². The molecule has 0 saturated carbocycles. The molecule has 1 nitrogen and oxygen atoms in total. The quantitative estimate of drug-likeness (QED) is 0.407. The van der Waals surface area contributed by atoms with Crippen LogP contribution in [-0.2, 0) is 4.74 Å². The largest absolute Gasteiger partial charge is 0.369 e. The zero-order valence-corrected chi connectivity index (χ0v) is 7.27. The van der Waals surface area contributed by atoms with Crippen LogP contribution in [0.1, 0.15) is 19.8 Å². The van der Waals surface area contributed by atoms with E-state index in [9.17, 15) is 0 Å². The number of ether oxygens (including phenoxy) is 1. The zero-order valence-electron chi connectivity index (χ0n) is 5.11. The molecule has 0 aromatic heterocycles. The van der Waals surface area contributed by atoms with E-state index in [1.165, 1.54) is 17.3 Å². The van der Waals surface area contributed by atoms with Crippen LogP contribution in [0.3, 0.4) is 0 Å². The summed E-state index contributed by atoms with van der Waals surface area (Å²) in [4.78, 5) is 0. The predicted octanol–water partition coefficient (Wildman–Crippen LogP) is 1.99. The van der Waals surface area contributed by atoms with Crippen LogP contribution >= 0.6 is 22.6 Å². The zero-order chi connectivity index (χ0) is 6.04. The Morgan fingerprint density at radius 3 is 2.50 bits per heavy atom. The summed E-state index contributed by atoms with van der Waals surface area (Å²) in [6.45, 7) is 3.21. The van der Waals surface area contributed by atoms with E-state index in [1.54, 1.807) is 0 Å². The van der Waals surface area contributed by atoms with Gasteiger partial charge in [0, 0.05) is 4.43 Å². The highest BCUT2D eigenvalue weighted by Gasteiger charge is 2.42. The van der Waals surface area contributed by atoms with E-state index in [0.717, 1.165) is 6.61 Å². The van der Waals surface area contributed by atoms with E-state index in [0.29, 0.717) is 5.60 Å². The minimum absolute atomic E-state index is 0.329. The molecular weight excluding hydrogens is 215 g/mol. The number of hydrogen-bond acceptors (Lipinski definition) is 1. The van der Waals surface area contributed by atoms with Crippen LogP contribution in [0, 0.1) is 0 Å². The summed E-state index contributed by atoms with van der Waals surface area (Å²) in [5.74, 6) is 0. The number of epoxide rings is 1. The predicted molar refractivity (Wildman–Crippen MR) is 42.5 cm³/mol. The Bertz CT molecular complexity index is 78.6. The van der Waals surface area contributed by atoms with Crippen LogP contribution in [0.5, 0.6) is 0 Å². The van der Waals surface area contributed by atoms with Crippen molar-refractivity contribution in [3.8, 4) is 0 Å². The molecule has 0 aliphatic carbocycles. The summed E-state index contributed by atoms with van der Waals surface area (Å²) in [5, 5.41) is 0. The van der Waals surface area contributed by atoms with Gasteiger partial charge in [0.1, 0.15) is 5.60 Å². The lowest BCUT2D eigenvalue weighted by Crippen LogP contribution is -2.11. The number of halogens is 1. The monoisotopic (exact) mass is 226 g/mol. The molecular formula is C6H11IO. The Balaban J connectivity index is 2.20. The fourth-order valence-electron chi connectivity index (χ4n) is 0.846.